The van der Waals surface area contributed by atoms with Crippen molar-refractivity contribution >= 4 is 17.9 Å². The van der Waals surface area contributed by atoms with Crippen LogP contribution in [0.2, 0.25) is 0 Å². The minimum Gasteiger partial charge on any atom is -0.264 e. The third kappa shape index (κ3) is 1.74. The van der Waals surface area contributed by atoms with E-state index in [4.69, 9.17) is 4.99 Å². The first-order valence-electron chi connectivity index (χ1n) is 6.61. The van der Waals surface area contributed by atoms with E-state index in [2.05, 4.69) is 29.3 Å². The molecule has 0 saturated carbocycles. The molecule has 0 radical (unpaired) electrons. The third-order valence-corrected chi connectivity index (χ3v) is 3.54. The number of para-hydroxylation sites is 1. The molecule has 20 heavy (non-hydrogen) atoms. The number of benzene rings is 2. The summed E-state index contributed by atoms with van der Waals surface area (Å²) in [6, 6.07) is 16.4. The van der Waals surface area contributed by atoms with Crippen molar-refractivity contribution in [2.45, 2.75) is 0 Å². The van der Waals surface area contributed by atoms with Crippen molar-refractivity contribution in [1.29, 1.82) is 0 Å². The monoisotopic (exact) mass is 256 g/mol. The van der Waals surface area contributed by atoms with Gasteiger partial charge in [0.1, 0.15) is 0 Å². The summed E-state index contributed by atoms with van der Waals surface area (Å²) in [6.07, 6.45) is 7.88. The highest BCUT2D eigenvalue weighted by Crippen LogP contribution is 2.21. The zero-order valence-corrected chi connectivity index (χ0v) is 10.8. The van der Waals surface area contributed by atoms with Crippen LogP contribution in [-0.4, -0.2) is 6.21 Å². The van der Waals surface area contributed by atoms with Gasteiger partial charge in [0, 0.05) is 28.8 Å². The Kier molecular flexibility index (Phi) is 2.46. The number of rotatable bonds is 0. The van der Waals surface area contributed by atoms with Gasteiger partial charge in [0.05, 0.1) is 11.1 Å². The van der Waals surface area contributed by atoms with Gasteiger partial charge in [0.15, 0.2) is 0 Å². The average Bonchev–Trinajstić information content (AvgIpc) is 2.85. The van der Waals surface area contributed by atoms with Crippen LogP contribution in [0.5, 0.6) is 0 Å². The molecule has 0 spiro atoms. The van der Waals surface area contributed by atoms with E-state index in [1.54, 1.807) is 0 Å². The summed E-state index contributed by atoms with van der Waals surface area (Å²) < 4.78 is 0. The fraction of sp³-hybridized carbons (Fsp3) is 0. The second-order valence-corrected chi connectivity index (χ2v) is 4.80. The molecule has 2 aromatic rings. The van der Waals surface area contributed by atoms with E-state index in [0.717, 1.165) is 27.8 Å². The maximum absolute atomic E-state index is 4.73. The second-order valence-electron chi connectivity index (χ2n) is 4.80. The second kappa shape index (κ2) is 4.42. The number of nitrogens with zero attached hydrogens (tertiary/aromatic N) is 2. The molecule has 2 aliphatic heterocycles. The zero-order chi connectivity index (χ0) is 13.4. The van der Waals surface area contributed by atoms with Crippen LogP contribution >= 0.6 is 0 Å². The van der Waals surface area contributed by atoms with E-state index in [9.17, 15) is 0 Å². The van der Waals surface area contributed by atoms with Crippen molar-refractivity contribution in [3.8, 4) is 0 Å². The maximum atomic E-state index is 4.73. The quantitative estimate of drug-likeness (QED) is 0.692. The minimum atomic E-state index is 1.00. The molecule has 2 heterocycles. The first-order valence-corrected chi connectivity index (χ1v) is 6.61. The highest BCUT2D eigenvalue weighted by molar-refractivity contribution is 5.90. The lowest BCUT2D eigenvalue weighted by Gasteiger charge is -2.01. The summed E-state index contributed by atoms with van der Waals surface area (Å²) in [5.41, 5.74) is 4.39. The number of allylic oxidation sites excluding steroid dienone is 1. The third-order valence-electron chi connectivity index (χ3n) is 3.54. The van der Waals surface area contributed by atoms with Crippen LogP contribution in [0.4, 0.5) is 0 Å². The molecule has 4 rings (SSSR count). The summed E-state index contributed by atoms with van der Waals surface area (Å²) in [5, 5.41) is 2.20. The van der Waals surface area contributed by atoms with Gasteiger partial charge < -0.3 is 0 Å². The van der Waals surface area contributed by atoms with Crippen LogP contribution in [0.1, 0.15) is 11.1 Å². The SMILES string of the molecule is C1=CC2=c3ccccc3=N/C2=C/c2ccccc2C=N1. The summed E-state index contributed by atoms with van der Waals surface area (Å²) in [7, 11) is 0. The Morgan fingerprint density at radius 1 is 0.800 bits per heavy atom. The molecule has 0 unspecified atom stereocenters. The standard InChI is InChI=1S/C18H12N2/c1-2-6-14-12-19-10-9-16-15-7-3-4-8-17(15)20-18(16)11-13(14)5-1/h1-12H/b10-9?,13-11?,14-12?,16-9?,18-11+,19-10?,19-12?. The molecule has 0 aromatic heterocycles. The molecule has 2 aliphatic rings. The number of hydrogen-bond acceptors (Lipinski definition) is 2. The Balaban J connectivity index is 2.06. The summed E-state index contributed by atoms with van der Waals surface area (Å²) in [4.78, 5) is 9.10. The molecule has 0 bridgehead atoms. The van der Waals surface area contributed by atoms with Crippen LogP contribution in [0.15, 0.2) is 76.5 Å². The van der Waals surface area contributed by atoms with Gasteiger partial charge in [-0.25, -0.2) is 4.99 Å². The molecule has 0 fully saturated rings. The van der Waals surface area contributed by atoms with E-state index in [0.29, 0.717) is 0 Å². The molecule has 0 N–H and O–H groups in total. The molecular weight excluding hydrogens is 244 g/mol. The highest BCUT2D eigenvalue weighted by atomic mass is 14.8. The fourth-order valence-corrected chi connectivity index (χ4v) is 2.56. The van der Waals surface area contributed by atoms with Crippen LogP contribution in [0.25, 0.3) is 11.6 Å². The lowest BCUT2D eigenvalue weighted by Crippen LogP contribution is -2.21. The molecule has 2 heteroatoms. The molecular formula is C18H12N2. The smallest absolute Gasteiger partial charge is 0.0723 e. The highest BCUT2D eigenvalue weighted by Gasteiger charge is 2.11. The average molecular weight is 256 g/mol. The van der Waals surface area contributed by atoms with Gasteiger partial charge in [-0.1, -0.05) is 42.5 Å². The van der Waals surface area contributed by atoms with Gasteiger partial charge in [0.2, 0.25) is 0 Å². The Morgan fingerprint density at radius 3 is 2.55 bits per heavy atom. The molecule has 0 amide bonds. The number of aliphatic imine (C=N–C) groups is 1. The van der Waals surface area contributed by atoms with Crippen molar-refractivity contribution in [2.75, 3.05) is 0 Å². The van der Waals surface area contributed by atoms with Crippen LogP contribution in [0, 0.1) is 0 Å². The minimum absolute atomic E-state index is 1.00. The van der Waals surface area contributed by atoms with E-state index < -0.39 is 0 Å². The predicted octanol–water partition coefficient (Wildman–Crippen LogP) is 2.46. The Hall–Kier alpha value is -2.74. The van der Waals surface area contributed by atoms with Gasteiger partial charge in [-0.3, -0.25) is 4.99 Å². The van der Waals surface area contributed by atoms with Crippen molar-refractivity contribution in [1.82, 2.24) is 0 Å². The first-order chi connectivity index (χ1) is 9.92. The van der Waals surface area contributed by atoms with Crippen LogP contribution in [-0.2, 0) is 0 Å². The Morgan fingerprint density at radius 2 is 1.60 bits per heavy atom. The van der Waals surface area contributed by atoms with Crippen molar-refractivity contribution in [3.05, 3.63) is 88.2 Å². The van der Waals surface area contributed by atoms with Gasteiger partial charge in [-0.2, -0.15) is 0 Å². The van der Waals surface area contributed by atoms with Gasteiger partial charge in [-0.05, 0) is 23.8 Å². The van der Waals surface area contributed by atoms with Gasteiger partial charge in [-0.15, -0.1) is 0 Å². The summed E-state index contributed by atoms with van der Waals surface area (Å²) in [6.45, 7) is 0. The number of hydrogen-bond donors (Lipinski definition) is 0. The van der Waals surface area contributed by atoms with Gasteiger partial charge >= 0.3 is 0 Å². The van der Waals surface area contributed by atoms with Crippen LogP contribution < -0.4 is 10.6 Å². The lowest BCUT2D eigenvalue weighted by atomic mass is 10.0. The Bertz CT molecular complexity index is 899. The molecule has 2 aromatic carbocycles. The zero-order valence-electron chi connectivity index (χ0n) is 10.8. The molecule has 2 nitrogen and oxygen atoms in total. The van der Waals surface area contributed by atoms with E-state index in [1.807, 2.05) is 48.8 Å². The van der Waals surface area contributed by atoms with Crippen LogP contribution in [0.3, 0.4) is 0 Å². The van der Waals surface area contributed by atoms with Gasteiger partial charge in [0.25, 0.3) is 0 Å². The number of fused-ring (bicyclic) bond motifs is 3. The molecule has 0 atom stereocenters. The summed E-state index contributed by atoms with van der Waals surface area (Å²) in [5.74, 6) is 0. The largest absolute Gasteiger partial charge is 0.264 e. The van der Waals surface area contributed by atoms with E-state index >= 15 is 0 Å². The maximum Gasteiger partial charge on any atom is 0.0723 e. The normalized spacial score (nSPS) is 17.8. The topological polar surface area (TPSA) is 24.7 Å². The lowest BCUT2D eigenvalue weighted by molar-refractivity contribution is 1.33. The predicted molar refractivity (Wildman–Crippen MR) is 81.8 cm³/mol. The van der Waals surface area contributed by atoms with Crippen molar-refractivity contribution in [3.63, 3.8) is 0 Å². The summed E-state index contributed by atoms with van der Waals surface area (Å²) >= 11 is 0. The fourth-order valence-electron chi connectivity index (χ4n) is 2.56. The van der Waals surface area contributed by atoms with Crippen molar-refractivity contribution in [2.24, 2.45) is 9.98 Å². The van der Waals surface area contributed by atoms with Crippen molar-refractivity contribution < 1.29 is 0 Å². The Labute approximate surface area is 116 Å². The molecule has 0 aliphatic carbocycles. The first kappa shape index (κ1) is 11.1. The molecule has 94 valence electrons. The molecule has 0 saturated heterocycles. The van der Waals surface area contributed by atoms with E-state index in [-0.39, 0.29) is 0 Å². The van der Waals surface area contributed by atoms with E-state index in [1.165, 1.54) is 5.22 Å².